The first-order valence-electron chi connectivity index (χ1n) is 6.98. The fourth-order valence-corrected chi connectivity index (χ4v) is 2.13. The van der Waals surface area contributed by atoms with Crippen LogP contribution in [-0.4, -0.2) is 14.8 Å². The summed E-state index contributed by atoms with van der Waals surface area (Å²) >= 11 is 0. The molecule has 0 atom stereocenters. The fourth-order valence-electron chi connectivity index (χ4n) is 2.13. The molecule has 2 aromatic rings. The Balaban J connectivity index is 1.85. The van der Waals surface area contributed by atoms with E-state index in [1.807, 2.05) is 23.1 Å². The van der Waals surface area contributed by atoms with Gasteiger partial charge >= 0.3 is 0 Å². The summed E-state index contributed by atoms with van der Waals surface area (Å²) in [5.41, 5.74) is 3.69. The molecule has 0 aliphatic rings. The molecule has 0 radical (unpaired) electrons. The predicted molar refractivity (Wildman–Crippen MR) is 76.7 cm³/mol. The normalized spacial score (nSPS) is 10.8. The molecule has 4 nitrogen and oxygen atoms in total. The van der Waals surface area contributed by atoms with E-state index in [0.717, 1.165) is 38.2 Å². The van der Waals surface area contributed by atoms with Gasteiger partial charge in [-0.15, -0.1) is 0 Å². The smallest absolute Gasteiger partial charge is 0.0573 e. The fraction of sp³-hybridized carbons (Fsp3) is 0.467. The minimum atomic E-state index is 0.809. The summed E-state index contributed by atoms with van der Waals surface area (Å²) in [6.07, 6.45) is 8.04. The van der Waals surface area contributed by atoms with Gasteiger partial charge in [0, 0.05) is 37.6 Å². The highest BCUT2D eigenvalue weighted by Gasteiger charge is 2.02. The quantitative estimate of drug-likeness (QED) is 0.830. The minimum absolute atomic E-state index is 0.809. The van der Waals surface area contributed by atoms with E-state index in [4.69, 9.17) is 0 Å². The Labute approximate surface area is 114 Å². The van der Waals surface area contributed by atoms with E-state index < -0.39 is 0 Å². The highest BCUT2D eigenvalue weighted by Crippen LogP contribution is 2.06. The number of nitrogens with zero attached hydrogens (tertiary/aromatic N) is 3. The highest BCUT2D eigenvalue weighted by atomic mass is 15.3. The molecule has 0 fully saturated rings. The van der Waals surface area contributed by atoms with Gasteiger partial charge in [0.1, 0.15) is 0 Å². The zero-order chi connectivity index (χ0) is 13.5. The Kier molecular flexibility index (Phi) is 5.10. The van der Waals surface area contributed by atoms with Crippen molar-refractivity contribution in [3.63, 3.8) is 0 Å². The molecule has 0 bridgehead atoms. The first-order valence-corrected chi connectivity index (χ1v) is 6.98. The van der Waals surface area contributed by atoms with Crippen molar-refractivity contribution in [1.82, 2.24) is 20.1 Å². The zero-order valence-corrected chi connectivity index (χ0v) is 11.8. The minimum Gasteiger partial charge on any atom is -0.307 e. The van der Waals surface area contributed by atoms with Crippen molar-refractivity contribution in [3.05, 3.63) is 47.5 Å². The Bertz CT molecular complexity index is 504. The lowest BCUT2D eigenvalue weighted by Gasteiger charge is -2.07. The standard InChI is InChI=1S/C15H22N4/c1-3-8-19-12-13(10-18-19)9-16-11-15-14(4-2)6-5-7-17-15/h5-7,10,12,16H,3-4,8-9,11H2,1-2H3. The Morgan fingerprint density at radius 2 is 2.16 bits per heavy atom. The molecule has 4 heteroatoms. The van der Waals surface area contributed by atoms with Crippen LogP contribution in [0.1, 0.15) is 37.1 Å². The molecule has 0 unspecified atom stereocenters. The third kappa shape index (κ3) is 3.89. The van der Waals surface area contributed by atoms with Crippen LogP contribution < -0.4 is 5.32 Å². The van der Waals surface area contributed by atoms with Crippen LogP contribution in [0, 0.1) is 0 Å². The summed E-state index contributed by atoms with van der Waals surface area (Å²) in [7, 11) is 0. The van der Waals surface area contributed by atoms with Crippen LogP contribution >= 0.6 is 0 Å². The lowest BCUT2D eigenvalue weighted by Crippen LogP contribution is -2.14. The molecular formula is C15H22N4. The van der Waals surface area contributed by atoms with Crippen molar-refractivity contribution in [2.75, 3.05) is 0 Å². The predicted octanol–water partition coefficient (Wildman–Crippen LogP) is 2.54. The Morgan fingerprint density at radius 1 is 1.26 bits per heavy atom. The molecular weight excluding hydrogens is 236 g/mol. The number of nitrogens with one attached hydrogen (secondary N) is 1. The summed E-state index contributed by atoms with van der Waals surface area (Å²) in [5, 5.41) is 7.76. The number of hydrogen-bond acceptors (Lipinski definition) is 3. The monoisotopic (exact) mass is 258 g/mol. The topological polar surface area (TPSA) is 42.7 Å². The summed E-state index contributed by atoms with van der Waals surface area (Å²) in [6, 6.07) is 4.14. The Morgan fingerprint density at radius 3 is 2.95 bits per heavy atom. The molecule has 0 saturated carbocycles. The molecule has 102 valence electrons. The molecule has 0 aromatic carbocycles. The van der Waals surface area contributed by atoms with E-state index in [1.54, 1.807) is 0 Å². The van der Waals surface area contributed by atoms with Crippen LogP contribution in [0.2, 0.25) is 0 Å². The van der Waals surface area contributed by atoms with Crippen molar-refractivity contribution in [3.8, 4) is 0 Å². The average Bonchev–Trinajstić information content (AvgIpc) is 2.87. The van der Waals surface area contributed by atoms with Crippen molar-refractivity contribution in [1.29, 1.82) is 0 Å². The summed E-state index contributed by atoms with van der Waals surface area (Å²) in [6.45, 7) is 6.95. The van der Waals surface area contributed by atoms with Gasteiger partial charge in [0.05, 0.1) is 11.9 Å². The lowest BCUT2D eigenvalue weighted by molar-refractivity contribution is 0.601. The van der Waals surface area contributed by atoms with Gasteiger partial charge in [0.25, 0.3) is 0 Å². The summed E-state index contributed by atoms with van der Waals surface area (Å²) < 4.78 is 2.00. The maximum Gasteiger partial charge on any atom is 0.0573 e. The largest absolute Gasteiger partial charge is 0.307 e. The van der Waals surface area contributed by atoms with Gasteiger partial charge in [-0.05, 0) is 24.5 Å². The van der Waals surface area contributed by atoms with Gasteiger partial charge in [-0.1, -0.05) is 19.9 Å². The lowest BCUT2D eigenvalue weighted by atomic mass is 10.1. The second-order valence-corrected chi connectivity index (χ2v) is 4.68. The second-order valence-electron chi connectivity index (χ2n) is 4.68. The van der Waals surface area contributed by atoms with E-state index in [-0.39, 0.29) is 0 Å². The maximum atomic E-state index is 4.43. The van der Waals surface area contributed by atoms with Crippen LogP contribution in [0.5, 0.6) is 0 Å². The van der Waals surface area contributed by atoms with E-state index in [0.29, 0.717) is 0 Å². The van der Waals surface area contributed by atoms with Crippen LogP contribution in [0.15, 0.2) is 30.7 Å². The number of rotatable bonds is 7. The van der Waals surface area contributed by atoms with Crippen LogP contribution in [0.3, 0.4) is 0 Å². The van der Waals surface area contributed by atoms with Crippen molar-refractivity contribution < 1.29 is 0 Å². The van der Waals surface area contributed by atoms with Crippen LogP contribution in [0.25, 0.3) is 0 Å². The molecule has 2 heterocycles. The molecule has 0 amide bonds. The molecule has 0 aliphatic heterocycles. The molecule has 1 N–H and O–H groups in total. The molecule has 0 spiro atoms. The number of aryl methyl sites for hydroxylation is 2. The zero-order valence-electron chi connectivity index (χ0n) is 11.8. The highest BCUT2D eigenvalue weighted by molar-refractivity contribution is 5.19. The van der Waals surface area contributed by atoms with Gasteiger partial charge in [0.15, 0.2) is 0 Å². The molecule has 0 saturated heterocycles. The first-order chi connectivity index (χ1) is 9.33. The number of pyridine rings is 1. The molecule has 2 aromatic heterocycles. The van der Waals surface area contributed by atoms with Gasteiger partial charge in [-0.2, -0.15) is 5.10 Å². The van der Waals surface area contributed by atoms with E-state index in [2.05, 4.69) is 41.5 Å². The Hall–Kier alpha value is -1.68. The first kappa shape index (κ1) is 13.7. The summed E-state index contributed by atoms with van der Waals surface area (Å²) in [4.78, 5) is 4.43. The van der Waals surface area contributed by atoms with Crippen LogP contribution in [-0.2, 0) is 26.1 Å². The van der Waals surface area contributed by atoms with Gasteiger partial charge in [-0.25, -0.2) is 0 Å². The third-order valence-corrected chi connectivity index (χ3v) is 3.13. The second kappa shape index (κ2) is 7.04. The van der Waals surface area contributed by atoms with Gasteiger partial charge < -0.3 is 5.32 Å². The maximum absolute atomic E-state index is 4.43. The molecule has 0 aliphatic carbocycles. The van der Waals surface area contributed by atoms with E-state index >= 15 is 0 Å². The van der Waals surface area contributed by atoms with Crippen molar-refractivity contribution in [2.45, 2.75) is 46.3 Å². The molecule has 19 heavy (non-hydrogen) atoms. The molecule has 2 rings (SSSR count). The summed E-state index contributed by atoms with van der Waals surface area (Å²) in [5.74, 6) is 0. The SMILES string of the molecule is CCCn1cc(CNCc2ncccc2CC)cn1. The van der Waals surface area contributed by atoms with Crippen LogP contribution in [0.4, 0.5) is 0 Å². The van der Waals surface area contributed by atoms with E-state index in [9.17, 15) is 0 Å². The number of hydrogen-bond donors (Lipinski definition) is 1. The van der Waals surface area contributed by atoms with Gasteiger partial charge in [0.2, 0.25) is 0 Å². The van der Waals surface area contributed by atoms with E-state index in [1.165, 1.54) is 11.1 Å². The number of aromatic nitrogens is 3. The van der Waals surface area contributed by atoms with Crippen molar-refractivity contribution in [2.24, 2.45) is 0 Å². The average molecular weight is 258 g/mol. The van der Waals surface area contributed by atoms with Crippen molar-refractivity contribution >= 4 is 0 Å². The third-order valence-electron chi connectivity index (χ3n) is 3.13. The van der Waals surface area contributed by atoms with Gasteiger partial charge in [-0.3, -0.25) is 9.67 Å².